The van der Waals surface area contributed by atoms with E-state index in [0.717, 1.165) is 51.6 Å². The molecule has 1 unspecified atom stereocenters. The lowest BCUT2D eigenvalue weighted by Crippen LogP contribution is -2.57. The van der Waals surface area contributed by atoms with Crippen LogP contribution in [0.4, 0.5) is 5.00 Å². The fourth-order valence-corrected chi connectivity index (χ4v) is 9.08. The lowest BCUT2D eigenvalue weighted by molar-refractivity contribution is -0.0718. The van der Waals surface area contributed by atoms with Crippen LogP contribution in [0.2, 0.25) is 0 Å². The molecule has 2 N–H and O–H groups in total. The summed E-state index contributed by atoms with van der Waals surface area (Å²) in [6, 6.07) is 10.5. The molecule has 35 heavy (non-hydrogen) atoms. The highest BCUT2D eigenvalue weighted by atomic mass is 32.1. The van der Waals surface area contributed by atoms with Crippen LogP contribution in [0.1, 0.15) is 80.4 Å². The normalized spacial score (nSPS) is 27.5. The van der Waals surface area contributed by atoms with Crippen LogP contribution in [-0.4, -0.2) is 23.7 Å². The number of aryl methyl sites for hydroxylation is 1. The van der Waals surface area contributed by atoms with E-state index in [2.05, 4.69) is 24.5 Å². The van der Waals surface area contributed by atoms with Gasteiger partial charge in [0.05, 0.1) is 6.61 Å². The molecule has 1 aromatic carbocycles. The maximum Gasteiger partial charge on any atom is 0.341 e. The zero-order valence-corrected chi connectivity index (χ0v) is 22.8. The van der Waals surface area contributed by atoms with E-state index in [1.165, 1.54) is 38.5 Å². The molecule has 6 rings (SSSR count). The molecule has 1 aromatic heterocycles. The smallest absolute Gasteiger partial charge is 0.341 e. The summed E-state index contributed by atoms with van der Waals surface area (Å²) in [5, 5.41) is 8.61. The third-order valence-electron chi connectivity index (χ3n) is 8.56. The Kier molecular flexibility index (Phi) is 7.23. The van der Waals surface area contributed by atoms with Crippen LogP contribution in [0, 0.1) is 30.1 Å². The maximum atomic E-state index is 13.1. The highest BCUT2D eigenvalue weighted by Crippen LogP contribution is 2.61. The van der Waals surface area contributed by atoms with Gasteiger partial charge in [-0.25, -0.2) is 4.79 Å². The van der Waals surface area contributed by atoms with Crippen LogP contribution in [0.3, 0.4) is 0 Å². The number of ether oxygens (including phenoxy) is 1. The summed E-state index contributed by atoms with van der Waals surface area (Å²) in [5.74, 6) is 2.43. The number of nitrogens with one attached hydrogen (secondary N) is 2. The molecule has 4 aliphatic carbocycles. The van der Waals surface area contributed by atoms with Crippen molar-refractivity contribution in [3.05, 3.63) is 40.8 Å². The van der Waals surface area contributed by atoms with E-state index in [1.54, 1.807) is 11.3 Å². The Morgan fingerprint density at radius 1 is 1.11 bits per heavy atom. The number of carbonyl (C=O) groups is 1. The molecule has 0 saturated heterocycles. The largest absolute Gasteiger partial charge is 0.462 e. The number of hydrogen-bond donors (Lipinski definition) is 2. The van der Waals surface area contributed by atoms with Crippen molar-refractivity contribution >= 4 is 39.6 Å². The summed E-state index contributed by atoms with van der Waals surface area (Å²) in [4.78, 5) is 14.2. The highest BCUT2D eigenvalue weighted by molar-refractivity contribution is 7.80. The minimum atomic E-state index is -0.299. The number of anilines is 1. The molecule has 188 valence electrons. The summed E-state index contributed by atoms with van der Waals surface area (Å²) >= 11 is 7.47. The van der Waals surface area contributed by atoms with E-state index in [1.807, 2.05) is 37.3 Å². The van der Waals surface area contributed by atoms with E-state index < -0.39 is 0 Å². The molecule has 4 fully saturated rings. The van der Waals surface area contributed by atoms with Crippen molar-refractivity contribution in [1.82, 2.24) is 5.32 Å². The van der Waals surface area contributed by atoms with E-state index in [4.69, 9.17) is 17.0 Å². The van der Waals surface area contributed by atoms with Crippen molar-refractivity contribution in [1.29, 1.82) is 0 Å². The van der Waals surface area contributed by atoms with Gasteiger partial charge in [-0.15, -0.1) is 11.3 Å². The predicted octanol–water partition coefficient (Wildman–Crippen LogP) is 7.57. The molecule has 4 nitrogen and oxygen atoms in total. The molecule has 0 radical (unpaired) electrons. The summed E-state index contributed by atoms with van der Waals surface area (Å²) < 4.78 is 5.47. The number of thiocarbonyl (C=S) groups is 1. The molecule has 1 heterocycles. The number of carbonyl (C=O) groups excluding carboxylic acids is 1. The molecule has 4 aliphatic rings. The second kappa shape index (κ2) is 10.2. The molecule has 1 atom stereocenters. The molecular weight excluding hydrogens is 472 g/mol. The van der Waals surface area contributed by atoms with E-state index in [-0.39, 0.29) is 5.97 Å². The lowest BCUT2D eigenvalue weighted by Gasteiger charge is -2.59. The molecule has 4 saturated carbocycles. The number of benzene rings is 1. The fraction of sp³-hybridized carbons (Fsp3) is 0.586. The van der Waals surface area contributed by atoms with Gasteiger partial charge in [0.2, 0.25) is 0 Å². The Labute approximate surface area is 219 Å². The van der Waals surface area contributed by atoms with Crippen molar-refractivity contribution in [3.8, 4) is 11.1 Å². The summed E-state index contributed by atoms with van der Waals surface area (Å²) in [6.07, 6.45) is 10.7. The fourth-order valence-electron chi connectivity index (χ4n) is 7.71. The van der Waals surface area contributed by atoms with E-state index >= 15 is 0 Å². The molecule has 4 bridgehead atoms. The third-order valence-corrected chi connectivity index (χ3v) is 9.80. The summed E-state index contributed by atoms with van der Waals surface area (Å²) in [5.41, 5.74) is 2.92. The van der Waals surface area contributed by atoms with Crippen molar-refractivity contribution in [2.45, 2.75) is 78.2 Å². The highest BCUT2D eigenvalue weighted by Gasteiger charge is 2.54. The third kappa shape index (κ3) is 4.89. The second-order valence-corrected chi connectivity index (χ2v) is 12.7. The standard InChI is InChI=1S/C29H38N2O2S2/c1-4-9-23(29-15-19-12-20(16-29)14-21(13-19)17-29)30-28(34)31-26-25(27(32)33-5-2)24(18(3)35-26)22-10-7-6-8-11-22/h6-8,10-11,19-21,23H,4-5,9,12-17H2,1-3H3,(H2,30,31,34). The van der Waals surface area contributed by atoms with E-state index in [9.17, 15) is 4.79 Å². The predicted molar refractivity (Wildman–Crippen MR) is 149 cm³/mol. The Morgan fingerprint density at radius 3 is 2.31 bits per heavy atom. The SMILES string of the molecule is CCCC(NC(=S)Nc1sc(C)c(-c2ccccc2)c1C(=O)OCC)C12CC3CC(CC(C3)C1)C2. The van der Waals surface area contributed by atoms with E-state index in [0.29, 0.717) is 28.7 Å². The van der Waals surface area contributed by atoms with Crippen LogP contribution in [0.25, 0.3) is 11.1 Å². The van der Waals surface area contributed by atoms with Crippen LogP contribution in [0.5, 0.6) is 0 Å². The Bertz CT molecular complexity index is 1040. The second-order valence-electron chi connectivity index (χ2n) is 11.0. The van der Waals surface area contributed by atoms with Gasteiger partial charge < -0.3 is 15.4 Å². The minimum absolute atomic E-state index is 0.299. The summed E-state index contributed by atoms with van der Waals surface area (Å²) in [6.45, 7) is 6.53. The minimum Gasteiger partial charge on any atom is -0.462 e. The molecule has 6 heteroatoms. The molecular formula is C29H38N2O2S2. The number of hydrogen-bond acceptors (Lipinski definition) is 4. The Morgan fingerprint density at radius 2 is 1.74 bits per heavy atom. The van der Waals surface area contributed by atoms with Gasteiger partial charge in [-0.2, -0.15) is 0 Å². The average molecular weight is 511 g/mol. The molecule has 0 spiro atoms. The topological polar surface area (TPSA) is 50.4 Å². The van der Waals surface area contributed by atoms with Gasteiger partial charge in [0.1, 0.15) is 10.6 Å². The number of thiophene rings is 1. The maximum absolute atomic E-state index is 13.1. The van der Waals surface area contributed by atoms with Crippen LogP contribution in [0.15, 0.2) is 30.3 Å². The van der Waals surface area contributed by atoms with Crippen LogP contribution < -0.4 is 10.6 Å². The van der Waals surface area contributed by atoms with Gasteiger partial charge in [0.25, 0.3) is 0 Å². The number of rotatable bonds is 8. The average Bonchev–Trinajstić information content (AvgIpc) is 3.14. The van der Waals surface area contributed by atoms with Gasteiger partial charge >= 0.3 is 5.97 Å². The monoisotopic (exact) mass is 510 g/mol. The zero-order valence-electron chi connectivity index (χ0n) is 21.2. The first kappa shape index (κ1) is 24.8. The van der Waals surface area contributed by atoms with Crippen molar-refractivity contribution in [3.63, 3.8) is 0 Å². The Balaban J connectivity index is 1.39. The number of esters is 1. The first-order valence-corrected chi connectivity index (χ1v) is 14.6. The first-order valence-electron chi connectivity index (χ1n) is 13.4. The quantitative estimate of drug-likeness (QED) is 0.283. The van der Waals surface area contributed by atoms with Crippen molar-refractivity contribution < 1.29 is 9.53 Å². The van der Waals surface area contributed by atoms with Gasteiger partial charge in [-0.1, -0.05) is 43.7 Å². The first-order chi connectivity index (χ1) is 16.9. The lowest BCUT2D eigenvalue weighted by atomic mass is 9.47. The van der Waals surface area contributed by atoms with Gasteiger partial charge in [-0.05, 0) is 99.7 Å². The summed E-state index contributed by atoms with van der Waals surface area (Å²) in [7, 11) is 0. The van der Waals surface area contributed by atoms with Crippen molar-refractivity contribution in [2.24, 2.45) is 23.2 Å². The van der Waals surface area contributed by atoms with Crippen LogP contribution >= 0.6 is 23.6 Å². The van der Waals surface area contributed by atoms with Gasteiger partial charge in [0, 0.05) is 16.5 Å². The molecule has 0 amide bonds. The molecule has 0 aliphatic heterocycles. The molecule has 2 aromatic rings. The van der Waals surface area contributed by atoms with Gasteiger partial charge in [-0.3, -0.25) is 0 Å². The Hall–Kier alpha value is -1.92. The van der Waals surface area contributed by atoms with Gasteiger partial charge in [0.15, 0.2) is 5.11 Å². The zero-order chi connectivity index (χ0) is 24.6. The van der Waals surface area contributed by atoms with Crippen LogP contribution in [-0.2, 0) is 4.74 Å². The van der Waals surface area contributed by atoms with Crippen molar-refractivity contribution in [2.75, 3.05) is 11.9 Å².